The summed E-state index contributed by atoms with van der Waals surface area (Å²) in [6, 6.07) is 14.6. The first-order valence-corrected chi connectivity index (χ1v) is 13.5. The molecule has 0 spiro atoms. The van der Waals surface area contributed by atoms with E-state index in [-0.39, 0.29) is 6.61 Å². The predicted octanol–water partition coefficient (Wildman–Crippen LogP) is 3.89. The van der Waals surface area contributed by atoms with E-state index in [4.69, 9.17) is 24.3 Å². The fraction of sp³-hybridized carbons (Fsp3) is 0.280. The van der Waals surface area contributed by atoms with Crippen molar-refractivity contribution in [3.63, 3.8) is 0 Å². The maximum absolute atomic E-state index is 13.0. The molecule has 3 N–H and O–H groups in total. The highest BCUT2D eigenvalue weighted by Crippen LogP contribution is 2.41. The second-order valence-corrected chi connectivity index (χ2v) is 10.3. The van der Waals surface area contributed by atoms with Crippen molar-refractivity contribution in [1.29, 1.82) is 0 Å². The number of benzene rings is 2. The van der Waals surface area contributed by atoms with E-state index >= 15 is 0 Å². The van der Waals surface area contributed by atoms with Gasteiger partial charge in [0, 0.05) is 25.2 Å². The van der Waals surface area contributed by atoms with Crippen LogP contribution in [0, 0.1) is 0 Å². The molecule has 0 bridgehead atoms. The number of thiophene rings is 1. The molecule has 196 valence electrons. The third-order valence-electron chi connectivity index (χ3n) is 5.38. The summed E-state index contributed by atoms with van der Waals surface area (Å²) >= 11 is 1.39. The maximum Gasteiger partial charge on any atom is 0.185 e. The first-order chi connectivity index (χ1) is 18.0. The quantitative estimate of drug-likeness (QED) is 0.231. The number of ether oxygens (including phenoxy) is 3. The van der Waals surface area contributed by atoms with Gasteiger partial charge in [0.05, 0.1) is 37.5 Å². The monoisotopic (exact) mass is 543 g/mol. The molecule has 10 nitrogen and oxygen atoms in total. The van der Waals surface area contributed by atoms with Gasteiger partial charge in [0.1, 0.15) is 16.6 Å². The number of nitrogens with one attached hydrogen (secondary N) is 2. The highest BCUT2D eigenvalue weighted by molar-refractivity contribution is 7.88. The van der Waals surface area contributed by atoms with Gasteiger partial charge < -0.3 is 29.5 Å². The number of hydrogen-bond acceptors (Lipinski definition) is 10. The molecule has 2 aromatic heterocycles. The molecule has 0 aliphatic carbocycles. The lowest BCUT2D eigenvalue weighted by Gasteiger charge is -2.20. The second kappa shape index (κ2) is 12.7. The third-order valence-corrected chi connectivity index (χ3v) is 7.66. The number of aliphatic hydroxyl groups is 1. The number of likely N-dealkylation sites (N-methyl/N-ethyl adjacent to an activating group) is 1. The first kappa shape index (κ1) is 26.6. The lowest BCUT2D eigenvalue weighted by atomic mass is 10.2. The molecule has 2 heterocycles. The predicted molar refractivity (Wildman–Crippen MR) is 147 cm³/mol. The fourth-order valence-corrected chi connectivity index (χ4v) is 5.18. The summed E-state index contributed by atoms with van der Waals surface area (Å²) in [5.41, 5.74) is 1.86. The van der Waals surface area contributed by atoms with Crippen molar-refractivity contribution in [3.05, 3.63) is 53.9 Å². The molecule has 12 heteroatoms. The molecule has 37 heavy (non-hydrogen) atoms. The fourth-order valence-electron chi connectivity index (χ4n) is 3.47. The summed E-state index contributed by atoms with van der Waals surface area (Å²) in [6.07, 6.45) is 0. The number of methoxy groups -OCH3 is 2. The minimum Gasteiger partial charge on any atom is -0.497 e. The van der Waals surface area contributed by atoms with Gasteiger partial charge in [0.15, 0.2) is 34.1 Å². The maximum atomic E-state index is 13.0. The number of fused-ring (bicyclic) bond motifs is 1. The van der Waals surface area contributed by atoms with Gasteiger partial charge in [0.2, 0.25) is 0 Å². The van der Waals surface area contributed by atoms with E-state index in [0.29, 0.717) is 69.5 Å². The molecule has 0 aliphatic rings. The van der Waals surface area contributed by atoms with Crippen LogP contribution in [-0.2, 0) is 11.0 Å². The Balaban J connectivity index is 1.71. The molecule has 0 amide bonds. The Morgan fingerprint density at radius 1 is 1.03 bits per heavy atom. The Kier molecular flexibility index (Phi) is 9.12. The van der Waals surface area contributed by atoms with E-state index in [1.54, 1.807) is 32.4 Å². The van der Waals surface area contributed by atoms with Gasteiger partial charge in [-0.1, -0.05) is 18.2 Å². The van der Waals surface area contributed by atoms with Gasteiger partial charge in [-0.3, -0.25) is 4.72 Å². The van der Waals surface area contributed by atoms with Crippen molar-refractivity contribution in [2.75, 3.05) is 57.6 Å². The van der Waals surface area contributed by atoms with Crippen molar-refractivity contribution in [2.24, 2.45) is 0 Å². The van der Waals surface area contributed by atoms with E-state index < -0.39 is 11.0 Å². The molecule has 0 fully saturated rings. The Bertz CT molecular complexity index is 1350. The van der Waals surface area contributed by atoms with E-state index in [9.17, 15) is 4.21 Å². The molecule has 4 aromatic rings. The molecule has 4 rings (SSSR count). The van der Waals surface area contributed by atoms with E-state index in [0.717, 1.165) is 0 Å². The molecule has 0 saturated carbocycles. The van der Waals surface area contributed by atoms with Gasteiger partial charge in [-0.2, -0.15) is 0 Å². The van der Waals surface area contributed by atoms with Crippen molar-refractivity contribution >= 4 is 50.7 Å². The zero-order chi connectivity index (χ0) is 26.2. The standard InChI is InChI=1S/C25H29N5O5S2/c1-30(10-12-31)11-13-35-23-20(15-17(33-2)16-21(23)34-3)28-24-25(29-37(32)22-9-6-14-36-22)27-19-8-5-4-7-18(19)26-24/h4-9,14-16,31H,10-13H2,1-3H3,(H,26,28)(H,27,29). The Hall–Kier alpha value is -3.45. The lowest BCUT2D eigenvalue weighted by Crippen LogP contribution is -2.27. The minimum absolute atomic E-state index is 0.0679. The molecule has 0 radical (unpaired) electrons. The summed E-state index contributed by atoms with van der Waals surface area (Å²) in [5.74, 6) is 2.16. The average Bonchev–Trinajstić information content (AvgIpc) is 3.45. The van der Waals surface area contributed by atoms with Crippen LogP contribution in [0.2, 0.25) is 0 Å². The molecule has 1 atom stereocenters. The van der Waals surface area contributed by atoms with Crippen LogP contribution in [-0.4, -0.2) is 71.8 Å². The van der Waals surface area contributed by atoms with E-state index in [1.807, 2.05) is 47.7 Å². The van der Waals surface area contributed by atoms with Crippen LogP contribution in [0.1, 0.15) is 0 Å². The van der Waals surface area contributed by atoms with Crippen LogP contribution in [0.3, 0.4) is 0 Å². The largest absolute Gasteiger partial charge is 0.497 e. The van der Waals surface area contributed by atoms with Crippen molar-refractivity contribution in [1.82, 2.24) is 14.9 Å². The minimum atomic E-state index is -1.52. The number of hydrogen-bond donors (Lipinski definition) is 3. The first-order valence-electron chi connectivity index (χ1n) is 11.5. The van der Waals surface area contributed by atoms with Gasteiger partial charge in [-0.15, -0.1) is 11.3 Å². The van der Waals surface area contributed by atoms with Gasteiger partial charge in [-0.05, 0) is 30.6 Å². The SMILES string of the molecule is COc1cc(Nc2nc3ccccc3nc2NS(=O)c2cccs2)c(OCCN(C)CCO)c(OC)c1. The van der Waals surface area contributed by atoms with E-state index in [1.165, 1.54) is 11.3 Å². The second-order valence-electron chi connectivity index (χ2n) is 7.92. The number of rotatable bonds is 13. The number of aliphatic hydroxyl groups excluding tert-OH is 1. The van der Waals surface area contributed by atoms with Gasteiger partial charge >= 0.3 is 0 Å². The summed E-state index contributed by atoms with van der Waals surface area (Å²) < 4.78 is 33.8. The third kappa shape index (κ3) is 6.66. The van der Waals surface area contributed by atoms with Crippen LogP contribution in [0.4, 0.5) is 17.3 Å². The van der Waals surface area contributed by atoms with Crippen molar-refractivity contribution in [2.45, 2.75) is 4.21 Å². The Labute approximate surface area is 221 Å². The normalized spacial score (nSPS) is 11.9. The Morgan fingerprint density at radius 2 is 1.78 bits per heavy atom. The number of para-hydroxylation sites is 2. The van der Waals surface area contributed by atoms with Crippen LogP contribution in [0.5, 0.6) is 17.2 Å². The zero-order valence-electron chi connectivity index (χ0n) is 20.8. The summed E-state index contributed by atoms with van der Waals surface area (Å²) in [5, 5.41) is 14.3. The number of aromatic nitrogens is 2. The summed E-state index contributed by atoms with van der Waals surface area (Å²) in [6.45, 7) is 1.55. The van der Waals surface area contributed by atoms with E-state index in [2.05, 4.69) is 15.0 Å². The molecule has 1 unspecified atom stereocenters. The van der Waals surface area contributed by atoms with Crippen LogP contribution < -0.4 is 24.2 Å². The highest BCUT2D eigenvalue weighted by atomic mass is 32.2. The Morgan fingerprint density at radius 3 is 2.43 bits per heavy atom. The molecule has 2 aromatic carbocycles. The molecular weight excluding hydrogens is 514 g/mol. The molecular formula is C25H29N5O5S2. The highest BCUT2D eigenvalue weighted by Gasteiger charge is 2.19. The molecule has 0 saturated heterocycles. The van der Waals surface area contributed by atoms with Crippen LogP contribution >= 0.6 is 11.3 Å². The number of anilines is 3. The zero-order valence-corrected chi connectivity index (χ0v) is 22.4. The molecule has 0 aliphatic heterocycles. The smallest absolute Gasteiger partial charge is 0.185 e. The topological polar surface area (TPSA) is 118 Å². The van der Waals surface area contributed by atoms with Gasteiger partial charge in [-0.25, -0.2) is 14.2 Å². The lowest BCUT2D eigenvalue weighted by molar-refractivity contribution is 0.190. The number of nitrogens with zero attached hydrogens (tertiary/aromatic N) is 3. The van der Waals surface area contributed by atoms with Crippen molar-refractivity contribution < 1.29 is 23.5 Å². The summed E-state index contributed by atoms with van der Waals surface area (Å²) in [7, 11) is 3.50. The average molecular weight is 544 g/mol. The summed E-state index contributed by atoms with van der Waals surface area (Å²) in [4.78, 5) is 11.4. The van der Waals surface area contributed by atoms with Crippen LogP contribution in [0.15, 0.2) is 58.1 Å². The van der Waals surface area contributed by atoms with Gasteiger partial charge in [0.25, 0.3) is 0 Å². The van der Waals surface area contributed by atoms with Crippen molar-refractivity contribution in [3.8, 4) is 17.2 Å². The van der Waals surface area contributed by atoms with Crippen LogP contribution in [0.25, 0.3) is 11.0 Å².